The second-order valence-electron chi connectivity index (χ2n) is 8.36. The molecule has 1 fully saturated rings. The summed E-state index contributed by atoms with van der Waals surface area (Å²) in [4.78, 5) is 28.4. The molecule has 31 heavy (non-hydrogen) atoms. The second-order valence-corrected chi connectivity index (χ2v) is 8.36. The molecule has 0 bridgehead atoms. The zero-order valence-corrected chi connectivity index (χ0v) is 19.3. The number of hydrogen-bond acceptors (Lipinski definition) is 5. The zero-order valence-electron chi connectivity index (χ0n) is 19.3. The normalized spacial score (nSPS) is 15.4. The van der Waals surface area contributed by atoms with E-state index >= 15 is 0 Å². The minimum Gasteiger partial charge on any atom is -0.444 e. The number of carbonyl (C=O) groups excluding carboxylic acids is 2. The van der Waals surface area contributed by atoms with Gasteiger partial charge in [-0.25, -0.2) is 4.79 Å². The first kappa shape index (κ1) is 24.0. The van der Waals surface area contributed by atoms with Crippen LogP contribution in [0.4, 0.5) is 4.79 Å². The van der Waals surface area contributed by atoms with Crippen molar-refractivity contribution in [1.82, 2.24) is 14.8 Å². The molecule has 1 saturated heterocycles. The van der Waals surface area contributed by atoms with E-state index in [9.17, 15) is 9.59 Å². The number of nitrogens with zero attached hydrogens (tertiary/aromatic N) is 4. The molecular formula is C24H32N4O3. The molecule has 1 aliphatic heterocycles. The molecule has 1 heterocycles. The smallest absolute Gasteiger partial charge is 0.410 e. The third-order valence-electron chi connectivity index (χ3n) is 4.84. The summed E-state index contributed by atoms with van der Waals surface area (Å²) in [7, 11) is 1.80. The molecule has 1 aliphatic rings. The predicted octanol–water partition coefficient (Wildman–Crippen LogP) is 3.57. The quantitative estimate of drug-likeness (QED) is 0.421. The van der Waals surface area contributed by atoms with Crippen LogP contribution in [-0.2, 0) is 4.74 Å². The highest BCUT2D eigenvalue weighted by atomic mass is 16.6. The summed E-state index contributed by atoms with van der Waals surface area (Å²) in [5, 5.41) is 6.15. The van der Waals surface area contributed by atoms with Crippen molar-refractivity contribution in [2.75, 3.05) is 33.2 Å². The molecule has 2 amide bonds. The van der Waals surface area contributed by atoms with Gasteiger partial charge in [-0.3, -0.25) is 9.80 Å². The molecule has 0 N–H and O–H groups in total. The molecule has 1 aromatic rings. The Morgan fingerprint density at radius 3 is 2.10 bits per heavy atom. The minimum absolute atomic E-state index is 0.0503. The van der Waals surface area contributed by atoms with Crippen molar-refractivity contribution in [3.05, 3.63) is 47.2 Å². The molecule has 166 valence electrons. The molecule has 1 aromatic carbocycles. The van der Waals surface area contributed by atoms with Crippen LogP contribution in [0.1, 0.15) is 50.5 Å². The van der Waals surface area contributed by atoms with Gasteiger partial charge in [-0.15, -0.1) is 6.42 Å². The van der Waals surface area contributed by atoms with Crippen molar-refractivity contribution in [2.45, 2.75) is 40.2 Å². The highest BCUT2D eigenvalue weighted by Crippen LogP contribution is 2.15. The summed E-state index contributed by atoms with van der Waals surface area (Å²) in [5.74, 6) is 2.54. The summed E-state index contributed by atoms with van der Waals surface area (Å²) < 4.78 is 5.40. The van der Waals surface area contributed by atoms with Gasteiger partial charge in [0, 0.05) is 38.8 Å². The number of terminal acetylenes is 1. The Morgan fingerprint density at radius 1 is 1.10 bits per heavy atom. The summed E-state index contributed by atoms with van der Waals surface area (Å²) in [6, 6.07) is 7.35. The van der Waals surface area contributed by atoms with E-state index in [1.807, 2.05) is 52.8 Å². The molecular weight excluding hydrogens is 392 g/mol. The van der Waals surface area contributed by atoms with E-state index in [0.29, 0.717) is 37.4 Å². The SMILES string of the molecule is C#C/C(=C/C)N(C)/N=C(\C)c1ccc(C(=O)N2CCN(C(=O)OC(C)(C)C)CC2)cc1. The predicted molar refractivity (Wildman–Crippen MR) is 123 cm³/mol. The maximum absolute atomic E-state index is 12.9. The Balaban J connectivity index is 1.99. The van der Waals surface area contributed by atoms with E-state index < -0.39 is 5.60 Å². The topological polar surface area (TPSA) is 65.5 Å². The molecule has 0 unspecified atom stereocenters. The van der Waals surface area contributed by atoms with Crippen LogP contribution >= 0.6 is 0 Å². The average Bonchev–Trinajstić information content (AvgIpc) is 2.73. The van der Waals surface area contributed by atoms with Crippen molar-refractivity contribution >= 4 is 17.7 Å². The third kappa shape index (κ3) is 6.61. The van der Waals surface area contributed by atoms with Gasteiger partial charge in [-0.2, -0.15) is 5.10 Å². The highest BCUT2D eigenvalue weighted by Gasteiger charge is 2.28. The number of piperazine rings is 1. The first-order valence-corrected chi connectivity index (χ1v) is 10.3. The molecule has 2 rings (SSSR count). The Bertz CT molecular complexity index is 896. The lowest BCUT2D eigenvalue weighted by Crippen LogP contribution is -2.51. The van der Waals surface area contributed by atoms with Gasteiger partial charge in [-0.05, 0) is 52.3 Å². The number of rotatable bonds is 4. The van der Waals surface area contributed by atoms with Crippen molar-refractivity contribution in [2.24, 2.45) is 5.10 Å². The fraction of sp³-hybridized carbons (Fsp3) is 0.458. The first-order chi connectivity index (χ1) is 14.6. The van der Waals surface area contributed by atoms with Gasteiger partial charge < -0.3 is 14.5 Å². The summed E-state index contributed by atoms with van der Waals surface area (Å²) in [6.45, 7) is 11.1. The zero-order chi connectivity index (χ0) is 23.2. The van der Waals surface area contributed by atoms with Gasteiger partial charge in [0.05, 0.1) is 5.71 Å². The fourth-order valence-corrected chi connectivity index (χ4v) is 3.16. The first-order valence-electron chi connectivity index (χ1n) is 10.3. The molecule has 0 saturated carbocycles. The molecule has 7 heteroatoms. The highest BCUT2D eigenvalue weighted by molar-refractivity contribution is 6.00. The van der Waals surface area contributed by atoms with Crippen molar-refractivity contribution in [3.8, 4) is 12.3 Å². The van der Waals surface area contributed by atoms with Crippen LogP contribution in [0.3, 0.4) is 0 Å². The lowest BCUT2D eigenvalue weighted by atomic mass is 10.1. The molecule has 7 nitrogen and oxygen atoms in total. The van der Waals surface area contributed by atoms with E-state index in [-0.39, 0.29) is 12.0 Å². The van der Waals surface area contributed by atoms with Gasteiger partial charge in [0.15, 0.2) is 0 Å². The van der Waals surface area contributed by atoms with Crippen LogP contribution in [0.2, 0.25) is 0 Å². The van der Waals surface area contributed by atoms with Gasteiger partial charge >= 0.3 is 6.09 Å². The van der Waals surface area contributed by atoms with Crippen LogP contribution in [0.15, 0.2) is 41.1 Å². The van der Waals surface area contributed by atoms with Gasteiger partial charge in [-0.1, -0.05) is 24.1 Å². The lowest BCUT2D eigenvalue weighted by molar-refractivity contribution is 0.0141. The van der Waals surface area contributed by atoms with Crippen LogP contribution in [0, 0.1) is 12.3 Å². The van der Waals surface area contributed by atoms with Crippen molar-refractivity contribution in [1.29, 1.82) is 0 Å². The van der Waals surface area contributed by atoms with Crippen LogP contribution in [0.5, 0.6) is 0 Å². The number of benzene rings is 1. The largest absolute Gasteiger partial charge is 0.444 e. The van der Waals surface area contributed by atoms with E-state index in [1.165, 1.54) is 0 Å². The number of hydrogen-bond donors (Lipinski definition) is 0. The number of allylic oxidation sites excluding steroid dienone is 2. The summed E-state index contributed by atoms with van der Waals surface area (Å²) in [6.07, 6.45) is 6.96. The van der Waals surface area contributed by atoms with Crippen LogP contribution in [0.25, 0.3) is 0 Å². The van der Waals surface area contributed by atoms with Crippen LogP contribution in [-0.4, -0.2) is 71.3 Å². The van der Waals surface area contributed by atoms with Crippen molar-refractivity contribution in [3.63, 3.8) is 0 Å². The Morgan fingerprint density at radius 2 is 1.61 bits per heavy atom. The molecule has 0 radical (unpaired) electrons. The Hall–Kier alpha value is -3.27. The van der Waals surface area contributed by atoms with E-state index in [1.54, 1.807) is 34.0 Å². The Labute approximate surface area is 185 Å². The Kier molecular flexibility index (Phi) is 7.87. The lowest BCUT2D eigenvalue weighted by Gasteiger charge is -2.35. The van der Waals surface area contributed by atoms with E-state index in [4.69, 9.17) is 11.2 Å². The van der Waals surface area contributed by atoms with Crippen molar-refractivity contribution < 1.29 is 14.3 Å². The number of amides is 2. The maximum atomic E-state index is 12.9. The number of ether oxygens (including phenoxy) is 1. The van der Waals surface area contributed by atoms with Crippen LogP contribution < -0.4 is 0 Å². The molecule has 0 aliphatic carbocycles. The van der Waals surface area contributed by atoms with Gasteiger partial charge in [0.25, 0.3) is 5.91 Å². The molecule has 0 atom stereocenters. The number of hydrazone groups is 1. The van der Waals surface area contributed by atoms with E-state index in [0.717, 1.165) is 11.3 Å². The molecule has 0 spiro atoms. The van der Waals surface area contributed by atoms with Gasteiger partial charge in [0.2, 0.25) is 0 Å². The minimum atomic E-state index is -0.531. The third-order valence-corrected chi connectivity index (χ3v) is 4.84. The average molecular weight is 425 g/mol. The fourth-order valence-electron chi connectivity index (χ4n) is 3.16. The summed E-state index contributed by atoms with van der Waals surface area (Å²) in [5.41, 5.74) is 2.45. The second kappa shape index (κ2) is 10.2. The van der Waals surface area contributed by atoms with E-state index in [2.05, 4.69) is 11.0 Å². The maximum Gasteiger partial charge on any atom is 0.410 e. The van der Waals surface area contributed by atoms with Gasteiger partial charge in [0.1, 0.15) is 11.3 Å². The monoisotopic (exact) mass is 424 g/mol. The molecule has 0 aromatic heterocycles. The summed E-state index contributed by atoms with van der Waals surface area (Å²) >= 11 is 0. The standard InChI is InChI=1S/C24H32N4O3/c1-8-21(9-2)26(7)25-18(3)19-10-12-20(13-11-19)22(29)27-14-16-28(17-15-27)23(30)31-24(4,5)6/h1,9-13H,14-17H2,2-7H3/b21-9-,25-18+. The number of carbonyl (C=O) groups is 2.